The molecule has 0 unspecified atom stereocenters. The van der Waals surface area contributed by atoms with Crippen molar-refractivity contribution in [3.63, 3.8) is 0 Å². The van der Waals surface area contributed by atoms with Crippen LogP contribution in [0.15, 0.2) is 59.5 Å². The average Bonchev–Trinajstić information content (AvgIpc) is 3.14. The van der Waals surface area contributed by atoms with Crippen molar-refractivity contribution >= 4 is 15.7 Å². The summed E-state index contributed by atoms with van der Waals surface area (Å²) >= 11 is 0. The molecule has 1 amide bonds. The molecule has 0 aliphatic carbocycles. The molecule has 5 nitrogen and oxygen atoms in total. The summed E-state index contributed by atoms with van der Waals surface area (Å²) in [6.07, 6.45) is 3.17. The van der Waals surface area contributed by atoms with E-state index in [1.807, 2.05) is 30.3 Å². The fraction of sp³-hybridized carbons (Fsp3) is 0.350. The molecule has 2 aromatic rings. The fourth-order valence-electron chi connectivity index (χ4n) is 3.08. The first-order chi connectivity index (χ1) is 12.4. The first-order valence-electron chi connectivity index (χ1n) is 8.68. The number of carbonyl (C=O) groups excluding carboxylic acids is 1. The maximum atomic E-state index is 13.0. The van der Waals surface area contributed by atoms with E-state index in [4.69, 9.17) is 4.74 Å². The number of ether oxygens (including phenoxy) is 1. The number of amides is 1. The van der Waals surface area contributed by atoms with E-state index < -0.39 is 9.84 Å². The van der Waals surface area contributed by atoms with Crippen molar-refractivity contribution < 1.29 is 17.9 Å². The lowest BCUT2D eigenvalue weighted by Gasteiger charge is -2.26. The maximum absolute atomic E-state index is 13.0. The summed E-state index contributed by atoms with van der Waals surface area (Å²) < 4.78 is 28.9. The van der Waals surface area contributed by atoms with Gasteiger partial charge in [-0.3, -0.25) is 4.79 Å². The second-order valence-corrected chi connectivity index (χ2v) is 8.62. The number of carbonyl (C=O) groups is 1. The maximum Gasteiger partial charge on any atom is 0.254 e. The molecule has 0 N–H and O–H groups in total. The molecular weight excluding hydrogens is 350 g/mol. The lowest BCUT2D eigenvalue weighted by molar-refractivity contribution is 0.0507. The summed E-state index contributed by atoms with van der Waals surface area (Å²) in [7, 11) is -3.28. The van der Waals surface area contributed by atoms with Gasteiger partial charge in [0, 0.05) is 31.5 Å². The van der Waals surface area contributed by atoms with Crippen molar-refractivity contribution in [3.8, 4) is 0 Å². The van der Waals surface area contributed by atoms with E-state index >= 15 is 0 Å². The molecule has 0 saturated carbocycles. The summed E-state index contributed by atoms with van der Waals surface area (Å²) in [5.74, 6) is -0.121. The molecule has 6 heteroatoms. The third-order valence-electron chi connectivity index (χ3n) is 4.48. The molecule has 1 aliphatic heterocycles. The van der Waals surface area contributed by atoms with Crippen LogP contribution in [0.2, 0.25) is 0 Å². The highest BCUT2D eigenvalue weighted by Crippen LogP contribution is 2.18. The van der Waals surface area contributed by atoms with E-state index in [9.17, 15) is 13.2 Å². The first-order valence-corrected chi connectivity index (χ1v) is 10.6. The largest absolute Gasteiger partial charge is 0.376 e. The van der Waals surface area contributed by atoms with Gasteiger partial charge in [0.15, 0.2) is 9.84 Å². The van der Waals surface area contributed by atoms with E-state index in [0.29, 0.717) is 18.7 Å². The zero-order valence-electron chi connectivity index (χ0n) is 14.8. The highest BCUT2D eigenvalue weighted by molar-refractivity contribution is 7.90. The molecule has 1 fully saturated rings. The molecule has 0 spiro atoms. The lowest BCUT2D eigenvalue weighted by atomic mass is 10.1. The van der Waals surface area contributed by atoms with Crippen LogP contribution in [0.5, 0.6) is 0 Å². The van der Waals surface area contributed by atoms with Crippen LogP contribution in [0, 0.1) is 0 Å². The summed E-state index contributed by atoms with van der Waals surface area (Å²) in [5, 5.41) is 0. The number of sulfone groups is 1. The minimum Gasteiger partial charge on any atom is -0.376 e. The van der Waals surface area contributed by atoms with Crippen molar-refractivity contribution in [2.24, 2.45) is 0 Å². The van der Waals surface area contributed by atoms with Gasteiger partial charge >= 0.3 is 0 Å². The number of nitrogens with zero attached hydrogens (tertiary/aromatic N) is 1. The van der Waals surface area contributed by atoms with Gasteiger partial charge < -0.3 is 9.64 Å². The standard InChI is InChI=1S/C20H23NO4S/c1-26(23,24)19-11-9-17(10-12-19)20(22)21(15-18-8-5-13-25-18)14-16-6-3-2-4-7-16/h2-4,6-7,9-12,18H,5,8,13-15H2,1H3/t18-/m0/s1. The number of hydrogen-bond donors (Lipinski definition) is 0. The van der Waals surface area contributed by atoms with Gasteiger partial charge in [-0.05, 0) is 42.7 Å². The van der Waals surface area contributed by atoms with Gasteiger partial charge in [-0.15, -0.1) is 0 Å². The molecule has 3 rings (SSSR count). The lowest BCUT2D eigenvalue weighted by Crippen LogP contribution is -2.37. The molecule has 1 heterocycles. The molecule has 1 aliphatic rings. The van der Waals surface area contributed by atoms with Gasteiger partial charge in [0.05, 0.1) is 11.0 Å². The van der Waals surface area contributed by atoms with E-state index in [-0.39, 0.29) is 16.9 Å². The van der Waals surface area contributed by atoms with Crippen LogP contribution >= 0.6 is 0 Å². The number of hydrogen-bond acceptors (Lipinski definition) is 4. The van der Waals surface area contributed by atoms with Gasteiger partial charge in [-0.25, -0.2) is 8.42 Å². The Hall–Kier alpha value is -2.18. The van der Waals surface area contributed by atoms with E-state index in [1.54, 1.807) is 17.0 Å². The first kappa shape index (κ1) is 18.6. The van der Waals surface area contributed by atoms with Crippen molar-refractivity contribution in [2.75, 3.05) is 19.4 Å². The van der Waals surface area contributed by atoms with Crippen molar-refractivity contribution in [1.82, 2.24) is 4.90 Å². The van der Waals surface area contributed by atoms with Crippen molar-refractivity contribution in [1.29, 1.82) is 0 Å². The van der Waals surface area contributed by atoms with Gasteiger partial charge in [0.25, 0.3) is 5.91 Å². The van der Waals surface area contributed by atoms with Crippen molar-refractivity contribution in [2.45, 2.75) is 30.4 Å². The van der Waals surface area contributed by atoms with Crippen LogP contribution in [0.3, 0.4) is 0 Å². The third kappa shape index (κ3) is 4.71. The highest BCUT2D eigenvalue weighted by atomic mass is 32.2. The van der Waals surface area contributed by atoms with Crippen LogP contribution in [-0.4, -0.2) is 44.7 Å². The number of benzene rings is 2. The Balaban J connectivity index is 1.81. The highest BCUT2D eigenvalue weighted by Gasteiger charge is 2.24. The fourth-order valence-corrected chi connectivity index (χ4v) is 3.71. The molecule has 1 saturated heterocycles. The summed E-state index contributed by atoms with van der Waals surface area (Å²) in [6.45, 7) is 1.76. The van der Waals surface area contributed by atoms with E-state index in [0.717, 1.165) is 31.3 Å². The Morgan fingerprint density at radius 3 is 2.38 bits per heavy atom. The normalized spacial score (nSPS) is 17.2. The zero-order chi connectivity index (χ0) is 18.6. The van der Waals surface area contributed by atoms with E-state index in [1.165, 1.54) is 12.1 Å². The van der Waals surface area contributed by atoms with E-state index in [2.05, 4.69) is 0 Å². The quantitative estimate of drug-likeness (QED) is 0.781. The van der Waals surface area contributed by atoms with Crippen LogP contribution in [0.1, 0.15) is 28.8 Å². The zero-order valence-corrected chi connectivity index (χ0v) is 15.6. The average molecular weight is 373 g/mol. The van der Waals surface area contributed by atoms with Gasteiger partial charge in [-0.1, -0.05) is 30.3 Å². The predicted octanol–water partition coefficient (Wildman–Crippen LogP) is 2.91. The van der Waals surface area contributed by atoms with Crippen LogP contribution in [0.4, 0.5) is 0 Å². The Labute approximate surface area is 154 Å². The third-order valence-corrected chi connectivity index (χ3v) is 5.61. The topological polar surface area (TPSA) is 63.7 Å². The molecule has 138 valence electrons. The minimum atomic E-state index is -3.28. The molecule has 2 aromatic carbocycles. The molecular formula is C20H23NO4S. The Kier molecular flexibility index (Phi) is 5.74. The summed E-state index contributed by atoms with van der Waals surface area (Å²) in [5.41, 5.74) is 1.53. The van der Waals surface area contributed by atoms with Crippen LogP contribution in [0.25, 0.3) is 0 Å². The van der Waals surface area contributed by atoms with Crippen LogP contribution in [-0.2, 0) is 21.1 Å². The van der Waals surface area contributed by atoms with Gasteiger partial charge in [0.2, 0.25) is 0 Å². The second-order valence-electron chi connectivity index (χ2n) is 6.60. The summed E-state index contributed by atoms with van der Waals surface area (Å²) in [4.78, 5) is 15.0. The smallest absolute Gasteiger partial charge is 0.254 e. The number of rotatable bonds is 6. The Morgan fingerprint density at radius 1 is 1.12 bits per heavy atom. The molecule has 26 heavy (non-hydrogen) atoms. The Bertz CT molecular complexity index is 841. The van der Waals surface area contributed by atoms with Gasteiger partial charge in [0.1, 0.15) is 0 Å². The predicted molar refractivity (Wildman–Crippen MR) is 99.7 cm³/mol. The molecule has 1 atom stereocenters. The molecule has 0 radical (unpaired) electrons. The Morgan fingerprint density at radius 2 is 1.81 bits per heavy atom. The molecule has 0 bridgehead atoms. The molecule has 0 aromatic heterocycles. The minimum absolute atomic E-state index is 0.0537. The SMILES string of the molecule is CS(=O)(=O)c1ccc(C(=O)N(Cc2ccccc2)C[C@@H]2CCCO2)cc1. The second kappa shape index (κ2) is 8.01. The monoisotopic (exact) mass is 373 g/mol. The van der Waals surface area contributed by atoms with Crippen LogP contribution < -0.4 is 0 Å². The van der Waals surface area contributed by atoms with Gasteiger partial charge in [-0.2, -0.15) is 0 Å². The van der Waals surface area contributed by atoms with Crippen molar-refractivity contribution in [3.05, 3.63) is 65.7 Å². The summed E-state index contributed by atoms with van der Waals surface area (Å²) in [6, 6.07) is 15.9.